The molecule has 160 valence electrons. The summed E-state index contributed by atoms with van der Waals surface area (Å²) in [7, 11) is 5.87. The maximum absolute atomic E-state index is 11.9. The van der Waals surface area contributed by atoms with Crippen molar-refractivity contribution < 1.29 is 14.3 Å². The number of rotatable bonds is 11. The topological polar surface area (TPSA) is 90.9 Å². The van der Waals surface area contributed by atoms with E-state index in [4.69, 9.17) is 4.74 Å². The van der Waals surface area contributed by atoms with Gasteiger partial charge in [-0.15, -0.1) is 0 Å². The molecule has 1 aliphatic rings. The molecular weight excluding hydrogens is 392 g/mol. The number of hydrogen-bond acceptors (Lipinski definition) is 9. The summed E-state index contributed by atoms with van der Waals surface area (Å²) < 4.78 is 5.80. The average Bonchev–Trinajstić information content (AvgIpc) is 2.98. The molecule has 0 aliphatic carbocycles. The monoisotopic (exact) mass is 422 g/mol. The van der Waals surface area contributed by atoms with Crippen LogP contribution in [0.25, 0.3) is 6.08 Å². The predicted octanol–water partition coefficient (Wildman–Crippen LogP) is 1.52. The lowest BCUT2D eigenvalue weighted by atomic mass is 10.3. The quantitative estimate of drug-likeness (QED) is 0.533. The lowest BCUT2D eigenvalue weighted by Gasteiger charge is -2.23. The molecule has 1 fully saturated rings. The molecule has 9 nitrogen and oxygen atoms in total. The van der Waals surface area contributed by atoms with Crippen molar-refractivity contribution in [2.45, 2.75) is 13.8 Å². The van der Waals surface area contributed by atoms with Crippen molar-refractivity contribution in [2.75, 3.05) is 65.4 Å². The van der Waals surface area contributed by atoms with Gasteiger partial charge in [0.1, 0.15) is 6.61 Å². The Morgan fingerprint density at radius 3 is 2.41 bits per heavy atom. The van der Waals surface area contributed by atoms with E-state index in [9.17, 15) is 9.59 Å². The van der Waals surface area contributed by atoms with E-state index < -0.39 is 5.91 Å². The number of ether oxygens (including phenoxy) is 1. The predicted molar refractivity (Wildman–Crippen MR) is 116 cm³/mol. The van der Waals surface area contributed by atoms with E-state index in [1.165, 1.54) is 0 Å². The molecule has 0 radical (unpaired) electrons. The van der Waals surface area contributed by atoms with Crippen LogP contribution in [0.3, 0.4) is 0 Å². The lowest BCUT2D eigenvalue weighted by molar-refractivity contribution is -0.115. The zero-order valence-electron chi connectivity index (χ0n) is 17.8. The molecular formula is C19H30N6O3S. The second-order valence-electron chi connectivity index (χ2n) is 6.88. The van der Waals surface area contributed by atoms with Gasteiger partial charge in [0.05, 0.1) is 10.6 Å². The molecule has 0 bridgehead atoms. The second-order valence-corrected chi connectivity index (χ2v) is 7.90. The Morgan fingerprint density at radius 2 is 1.83 bits per heavy atom. The summed E-state index contributed by atoms with van der Waals surface area (Å²) in [6.45, 7) is 9.11. The van der Waals surface area contributed by atoms with E-state index in [-0.39, 0.29) is 5.24 Å². The summed E-state index contributed by atoms with van der Waals surface area (Å²) in [6, 6.07) is 1.68. The fourth-order valence-corrected chi connectivity index (χ4v) is 3.23. The van der Waals surface area contributed by atoms with Crippen LogP contribution in [0.2, 0.25) is 0 Å². The van der Waals surface area contributed by atoms with Crippen molar-refractivity contribution in [1.29, 1.82) is 0 Å². The second kappa shape index (κ2) is 11.1. The van der Waals surface area contributed by atoms with E-state index >= 15 is 0 Å². The SMILES string of the molecule is CCN(CC)CCN(C)c1nc(/C=C2\SC(=O)NC2=O)cc(OCCN(C)C)n1. The molecule has 0 atom stereocenters. The smallest absolute Gasteiger partial charge is 0.290 e. The van der Waals surface area contributed by atoms with Crippen LogP contribution in [0.1, 0.15) is 19.5 Å². The summed E-state index contributed by atoms with van der Waals surface area (Å²) >= 11 is 0.864. The van der Waals surface area contributed by atoms with E-state index in [1.807, 2.05) is 30.9 Å². The fraction of sp³-hybridized carbons (Fsp3) is 0.579. The average molecular weight is 423 g/mol. The van der Waals surface area contributed by atoms with Gasteiger partial charge < -0.3 is 19.4 Å². The summed E-state index contributed by atoms with van der Waals surface area (Å²) in [5.41, 5.74) is 0.525. The molecule has 1 aliphatic heterocycles. The first kappa shape index (κ1) is 23.1. The minimum atomic E-state index is -0.412. The van der Waals surface area contributed by atoms with Crippen LogP contribution in [-0.4, -0.2) is 91.4 Å². The van der Waals surface area contributed by atoms with Crippen LogP contribution in [0.4, 0.5) is 10.7 Å². The molecule has 1 aromatic heterocycles. The van der Waals surface area contributed by atoms with E-state index in [0.29, 0.717) is 29.0 Å². The molecule has 0 aromatic carbocycles. The van der Waals surface area contributed by atoms with Gasteiger partial charge in [0, 0.05) is 32.7 Å². The molecule has 2 amide bonds. The fourth-order valence-electron chi connectivity index (χ4n) is 2.57. The molecule has 0 spiro atoms. The van der Waals surface area contributed by atoms with Gasteiger partial charge in [0.25, 0.3) is 11.1 Å². The molecule has 1 saturated heterocycles. The number of imide groups is 1. The first-order chi connectivity index (χ1) is 13.8. The summed E-state index contributed by atoms with van der Waals surface area (Å²) in [5.74, 6) is 0.541. The first-order valence-electron chi connectivity index (χ1n) is 9.67. The standard InChI is InChI=1S/C19H30N6O3S/c1-6-25(7-2)9-8-24(5)18-20-14(12-15-17(26)22-19(27)29-15)13-16(21-18)28-11-10-23(3)4/h12-13H,6-11H2,1-5H3,(H,22,26,27)/b15-12-. The lowest BCUT2D eigenvalue weighted by Crippen LogP contribution is -2.33. The third-order valence-corrected chi connectivity index (χ3v) is 5.22. The highest BCUT2D eigenvalue weighted by molar-refractivity contribution is 8.18. The minimum Gasteiger partial charge on any atom is -0.476 e. The summed E-state index contributed by atoms with van der Waals surface area (Å²) in [5, 5.41) is 1.87. The van der Waals surface area contributed by atoms with Crippen LogP contribution < -0.4 is 15.0 Å². The number of nitrogens with one attached hydrogen (secondary N) is 1. The van der Waals surface area contributed by atoms with Crippen molar-refractivity contribution in [3.8, 4) is 5.88 Å². The molecule has 0 unspecified atom stereocenters. The first-order valence-corrected chi connectivity index (χ1v) is 10.5. The minimum absolute atomic E-state index is 0.310. The molecule has 0 saturated carbocycles. The van der Waals surface area contributed by atoms with Crippen molar-refractivity contribution >= 4 is 34.9 Å². The molecule has 2 rings (SSSR count). The van der Waals surface area contributed by atoms with Gasteiger partial charge in [0.2, 0.25) is 11.8 Å². The third kappa shape index (κ3) is 7.30. The maximum Gasteiger partial charge on any atom is 0.290 e. The van der Waals surface area contributed by atoms with Gasteiger partial charge in [-0.25, -0.2) is 4.98 Å². The van der Waals surface area contributed by atoms with Crippen LogP contribution in [0.5, 0.6) is 5.88 Å². The zero-order chi connectivity index (χ0) is 21.4. The van der Waals surface area contributed by atoms with Crippen molar-refractivity contribution in [1.82, 2.24) is 25.1 Å². The van der Waals surface area contributed by atoms with Crippen LogP contribution in [0.15, 0.2) is 11.0 Å². The Hall–Kier alpha value is -2.17. The Labute approximate surface area is 176 Å². The third-order valence-electron chi connectivity index (χ3n) is 4.41. The number of amides is 2. The zero-order valence-corrected chi connectivity index (χ0v) is 18.6. The van der Waals surface area contributed by atoms with Gasteiger partial charge in [-0.05, 0) is 45.0 Å². The molecule has 1 N–H and O–H groups in total. The number of aromatic nitrogens is 2. The largest absolute Gasteiger partial charge is 0.476 e. The van der Waals surface area contributed by atoms with Crippen molar-refractivity contribution in [3.05, 3.63) is 16.7 Å². The van der Waals surface area contributed by atoms with Gasteiger partial charge in [-0.1, -0.05) is 13.8 Å². The van der Waals surface area contributed by atoms with Crippen molar-refractivity contribution in [2.24, 2.45) is 0 Å². The number of hydrogen-bond donors (Lipinski definition) is 1. The number of likely N-dealkylation sites (N-methyl/N-ethyl adjacent to an activating group) is 3. The van der Waals surface area contributed by atoms with Gasteiger partial charge in [-0.3, -0.25) is 14.9 Å². The van der Waals surface area contributed by atoms with Gasteiger partial charge >= 0.3 is 0 Å². The highest BCUT2D eigenvalue weighted by Gasteiger charge is 2.25. The van der Waals surface area contributed by atoms with Crippen LogP contribution in [-0.2, 0) is 4.79 Å². The normalized spacial score (nSPS) is 15.5. The maximum atomic E-state index is 11.9. The van der Waals surface area contributed by atoms with E-state index in [1.54, 1.807) is 12.1 Å². The number of carbonyl (C=O) groups excluding carboxylic acids is 2. The summed E-state index contributed by atoms with van der Waals surface area (Å²) in [6.07, 6.45) is 1.59. The summed E-state index contributed by atoms with van der Waals surface area (Å²) in [4.78, 5) is 39.0. The Bertz CT molecular complexity index is 751. The van der Waals surface area contributed by atoms with Gasteiger partial charge in [-0.2, -0.15) is 4.98 Å². The van der Waals surface area contributed by atoms with Crippen LogP contribution in [0, 0.1) is 0 Å². The van der Waals surface area contributed by atoms with E-state index in [2.05, 4.69) is 34.0 Å². The van der Waals surface area contributed by atoms with E-state index in [0.717, 1.165) is 44.5 Å². The number of nitrogens with zero attached hydrogens (tertiary/aromatic N) is 5. The van der Waals surface area contributed by atoms with Gasteiger partial charge in [0.15, 0.2) is 0 Å². The Balaban J connectivity index is 2.23. The Morgan fingerprint density at radius 1 is 1.10 bits per heavy atom. The molecule has 10 heteroatoms. The Kier molecular flexibility index (Phi) is 8.87. The highest BCUT2D eigenvalue weighted by atomic mass is 32.2. The highest BCUT2D eigenvalue weighted by Crippen LogP contribution is 2.26. The van der Waals surface area contributed by atoms with Crippen molar-refractivity contribution in [3.63, 3.8) is 0 Å². The molecule has 29 heavy (non-hydrogen) atoms. The number of anilines is 1. The molecule has 1 aromatic rings. The van der Waals surface area contributed by atoms with Crippen LogP contribution >= 0.6 is 11.8 Å². The molecule has 2 heterocycles. The number of thioether (sulfide) groups is 1. The number of carbonyl (C=O) groups is 2.